The molecule has 0 unspecified atom stereocenters. The maximum atomic E-state index is 12.6. The molecule has 2 aliphatic rings. The molecule has 0 saturated heterocycles. The number of rotatable bonds is 3. The molecule has 3 aromatic rings. The van der Waals surface area contributed by atoms with Crippen LogP contribution in [0.2, 0.25) is 0 Å². The molecule has 3 heterocycles. The number of nitrogens with zero attached hydrogens (tertiary/aromatic N) is 4. The zero-order chi connectivity index (χ0) is 18.4. The number of carbonyl (C=O) groups excluding carboxylic acids is 1. The fraction of sp³-hybridized carbons (Fsp3) is 0.227. The first-order chi connectivity index (χ1) is 13.2. The Kier molecular flexibility index (Phi) is 3.67. The average Bonchev–Trinajstić information content (AvgIpc) is 3.28. The molecule has 0 atom stereocenters. The lowest BCUT2D eigenvalue weighted by Crippen LogP contribution is -2.28. The Morgan fingerprint density at radius 3 is 2.78 bits per heavy atom. The van der Waals surface area contributed by atoms with E-state index in [0.29, 0.717) is 12.2 Å². The Balaban J connectivity index is 1.40. The minimum absolute atomic E-state index is 0.107. The van der Waals surface area contributed by atoms with E-state index in [9.17, 15) is 4.79 Å². The second-order valence-electron chi connectivity index (χ2n) is 7.19. The Morgan fingerprint density at radius 2 is 1.93 bits per heavy atom. The SMILES string of the molecule is Cc1cccc2c1CCN2CC1=CC(=O)n2nc(-c3ccccc3)nc2C1. The molecule has 0 radical (unpaired) electrons. The number of hydrogen-bond acceptors (Lipinski definition) is 4. The minimum atomic E-state index is -0.107. The van der Waals surface area contributed by atoms with Gasteiger partial charge in [0, 0.05) is 36.8 Å². The van der Waals surface area contributed by atoms with Gasteiger partial charge in [-0.1, -0.05) is 42.5 Å². The second-order valence-corrected chi connectivity index (χ2v) is 7.19. The first-order valence-electron chi connectivity index (χ1n) is 9.27. The molecule has 0 spiro atoms. The van der Waals surface area contributed by atoms with E-state index in [0.717, 1.165) is 36.5 Å². The third-order valence-electron chi connectivity index (χ3n) is 5.38. The quantitative estimate of drug-likeness (QED) is 0.721. The molecule has 2 aliphatic heterocycles. The van der Waals surface area contributed by atoms with E-state index in [1.165, 1.54) is 21.5 Å². The third-order valence-corrected chi connectivity index (χ3v) is 5.38. The number of anilines is 1. The van der Waals surface area contributed by atoms with Crippen LogP contribution >= 0.6 is 0 Å². The van der Waals surface area contributed by atoms with Crippen molar-refractivity contribution in [3.8, 4) is 11.4 Å². The number of allylic oxidation sites excluding steroid dienone is 1. The van der Waals surface area contributed by atoms with E-state index in [1.807, 2.05) is 30.3 Å². The van der Waals surface area contributed by atoms with E-state index in [-0.39, 0.29) is 5.91 Å². The van der Waals surface area contributed by atoms with Crippen LogP contribution in [0.25, 0.3) is 11.4 Å². The van der Waals surface area contributed by atoms with Crippen LogP contribution in [0.5, 0.6) is 0 Å². The summed E-state index contributed by atoms with van der Waals surface area (Å²) >= 11 is 0. The summed E-state index contributed by atoms with van der Waals surface area (Å²) in [6.45, 7) is 3.92. The van der Waals surface area contributed by atoms with Crippen molar-refractivity contribution in [1.82, 2.24) is 14.8 Å². The molecule has 5 nitrogen and oxygen atoms in total. The molecule has 0 aliphatic carbocycles. The monoisotopic (exact) mass is 356 g/mol. The van der Waals surface area contributed by atoms with Gasteiger partial charge < -0.3 is 4.90 Å². The van der Waals surface area contributed by atoms with Crippen molar-refractivity contribution in [3.05, 3.63) is 77.1 Å². The van der Waals surface area contributed by atoms with Crippen LogP contribution in [0.1, 0.15) is 21.7 Å². The summed E-state index contributed by atoms with van der Waals surface area (Å²) in [6.07, 6.45) is 3.45. The van der Waals surface area contributed by atoms with Crippen LogP contribution < -0.4 is 4.90 Å². The summed E-state index contributed by atoms with van der Waals surface area (Å²) < 4.78 is 1.44. The largest absolute Gasteiger partial charge is 0.367 e. The summed E-state index contributed by atoms with van der Waals surface area (Å²) in [5, 5.41) is 4.41. The van der Waals surface area contributed by atoms with Crippen molar-refractivity contribution in [3.63, 3.8) is 0 Å². The Morgan fingerprint density at radius 1 is 1.07 bits per heavy atom. The molecule has 0 N–H and O–H groups in total. The Bertz CT molecular complexity index is 1070. The molecular formula is C22H20N4O. The lowest BCUT2D eigenvalue weighted by molar-refractivity contribution is 0.0945. The molecular weight excluding hydrogens is 336 g/mol. The van der Waals surface area contributed by atoms with Gasteiger partial charge in [0.2, 0.25) is 0 Å². The van der Waals surface area contributed by atoms with Gasteiger partial charge >= 0.3 is 0 Å². The van der Waals surface area contributed by atoms with Crippen molar-refractivity contribution >= 4 is 11.6 Å². The maximum absolute atomic E-state index is 12.6. The van der Waals surface area contributed by atoms with Crippen molar-refractivity contribution in [2.24, 2.45) is 0 Å². The van der Waals surface area contributed by atoms with Gasteiger partial charge in [0.25, 0.3) is 5.91 Å². The normalized spacial score (nSPS) is 15.5. The minimum Gasteiger partial charge on any atom is -0.367 e. The molecule has 5 heteroatoms. The maximum Gasteiger partial charge on any atom is 0.272 e. The molecule has 27 heavy (non-hydrogen) atoms. The van der Waals surface area contributed by atoms with Crippen molar-refractivity contribution in [2.75, 3.05) is 18.0 Å². The highest BCUT2D eigenvalue weighted by atomic mass is 16.2. The standard InChI is InChI=1S/C22H20N4O/c1-15-6-5-9-19-18(15)10-11-25(19)14-16-12-20-23-22(17-7-3-2-4-8-17)24-26(20)21(27)13-16/h2-9,13H,10-12,14H2,1H3. The van der Waals surface area contributed by atoms with Gasteiger partial charge in [-0.2, -0.15) is 4.68 Å². The number of fused-ring (bicyclic) bond motifs is 2. The number of aryl methyl sites for hydroxylation is 1. The molecule has 5 rings (SSSR count). The highest BCUT2D eigenvalue weighted by Gasteiger charge is 2.26. The number of carbonyl (C=O) groups is 1. The molecule has 134 valence electrons. The van der Waals surface area contributed by atoms with Crippen molar-refractivity contribution < 1.29 is 4.79 Å². The van der Waals surface area contributed by atoms with Gasteiger partial charge in [0.05, 0.1) is 0 Å². The predicted octanol–water partition coefficient (Wildman–Crippen LogP) is 3.44. The zero-order valence-corrected chi connectivity index (χ0v) is 15.2. The summed E-state index contributed by atoms with van der Waals surface area (Å²) in [6, 6.07) is 16.2. The van der Waals surface area contributed by atoms with Crippen LogP contribution in [0.15, 0.2) is 60.2 Å². The predicted molar refractivity (Wildman–Crippen MR) is 105 cm³/mol. The fourth-order valence-corrected chi connectivity index (χ4v) is 4.02. The topological polar surface area (TPSA) is 51.0 Å². The van der Waals surface area contributed by atoms with Crippen molar-refractivity contribution in [2.45, 2.75) is 19.8 Å². The molecule has 0 amide bonds. The fourth-order valence-electron chi connectivity index (χ4n) is 4.02. The highest BCUT2D eigenvalue weighted by Crippen LogP contribution is 2.31. The van der Waals surface area contributed by atoms with Crippen molar-refractivity contribution in [1.29, 1.82) is 0 Å². The number of hydrogen-bond donors (Lipinski definition) is 0. The lowest BCUT2D eigenvalue weighted by atomic mass is 10.1. The third kappa shape index (κ3) is 2.76. The average molecular weight is 356 g/mol. The van der Waals surface area contributed by atoms with E-state index >= 15 is 0 Å². The smallest absolute Gasteiger partial charge is 0.272 e. The van der Waals surface area contributed by atoms with Gasteiger partial charge in [-0.15, -0.1) is 5.10 Å². The summed E-state index contributed by atoms with van der Waals surface area (Å²) in [7, 11) is 0. The van der Waals surface area contributed by atoms with Gasteiger partial charge in [-0.3, -0.25) is 4.79 Å². The summed E-state index contributed by atoms with van der Waals surface area (Å²) in [4.78, 5) is 19.6. The van der Waals surface area contributed by atoms with Gasteiger partial charge in [0.1, 0.15) is 5.82 Å². The highest BCUT2D eigenvalue weighted by molar-refractivity contribution is 5.92. The van der Waals surface area contributed by atoms with Gasteiger partial charge in [-0.05, 0) is 36.1 Å². The van der Waals surface area contributed by atoms with Crippen LogP contribution in [-0.4, -0.2) is 33.8 Å². The molecule has 1 aromatic heterocycles. The van der Waals surface area contributed by atoms with Crippen LogP contribution in [0.3, 0.4) is 0 Å². The molecule has 0 fully saturated rings. The van der Waals surface area contributed by atoms with E-state index in [2.05, 4.69) is 40.1 Å². The number of benzene rings is 2. The molecule has 0 saturated carbocycles. The zero-order valence-electron chi connectivity index (χ0n) is 15.2. The van der Waals surface area contributed by atoms with E-state index in [1.54, 1.807) is 6.08 Å². The summed E-state index contributed by atoms with van der Waals surface area (Å²) in [5.41, 5.74) is 6.08. The molecule has 0 bridgehead atoms. The molecule has 2 aromatic carbocycles. The first kappa shape index (κ1) is 16.0. The summed E-state index contributed by atoms with van der Waals surface area (Å²) in [5.74, 6) is 1.22. The van der Waals surface area contributed by atoms with Crippen LogP contribution in [0, 0.1) is 6.92 Å². The second kappa shape index (κ2) is 6.20. The number of aromatic nitrogens is 3. The van der Waals surface area contributed by atoms with E-state index in [4.69, 9.17) is 0 Å². The Hall–Kier alpha value is -3.21. The first-order valence-corrected chi connectivity index (χ1v) is 9.27. The van der Waals surface area contributed by atoms with Gasteiger partial charge in [0.15, 0.2) is 5.82 Å². The Labute approximate surface area is 158 Å². The lowest BCUT2D eigenvalue weighted by Gasteiger charge is -2.23. The van der Waals surface area contributed by atoms with Gasteiger partial charge in [-0.25, -0.2) is 4.98 Å². The van der Waals surface area contributed by atoms with E-state index < -0.39 is 0 Å². The van der Waals surface area contributed by atoms with Crippen LogP contribution in [-0.2, 0) is 12.8 Å². The van der Waals surface area contributed by atoms with Crippen LogP contribution in [0.4, 0.5) is 5.69 Å².